The van der Waals surface area contributed by atoms with Crippen LogP contribution in [0.2, 0.25) is 0 Å². The number of benzene rings is 2. The maximum absolute atomic E-state index is 13.8. The van der Waals surface area contributed by atoms with Gasteiger partial charge in [-0.05, 0) is 35.7 Å². The van der Waals surface area contributed by atoms with Crippen LogP contribution in [0.3, 0.4) is 0 Å². The highest BCUT2D eigenvalue weighted by Crippen LogP contribution is 2.24. The maximum atomic E-state index is 13.8. The summed E-state index contributed by atoms with van der Waals surface area (Å²) in [6.45, 7) is 2.54. The Hall–Kier alpha value is -2.88. The Morgan fingerprint density at radius 3 is 2.50 bits per heavy atom. The quantitative estimate of drug-likeness (QED) is 0.744. The van der Waals surface area contributed by atoms with Crippen LogP contribution in [0.1, 0.15) is 29.0 Å². The van der Waals surface area contributed by atoms with Gasteiger partial charge in [-0.2, -0.15) is 0 Å². The lowest BCUT2D eigenvalue weighted by molar-refractivity contribution is 0.0924. The Morgan fingerprint density at radius 1 is 1.04 bits per heavy atom. The molecular weight excluding hydrogens is 305 g/mol. The van der Waals surface area contributed by atoms with Gasteiger partial charge in [0.25, 0.3) is 5.91 Å². The highest BCUT2D eigenvalue weighted by atomic mass is 19.1. The van der Waals surface area contributed by atoms with Gasteiger partial charge in [0.05, 0.1) is 5.56 Å². The number of hydrogen-bond acceptors (Lipinski definition) is 2. The lowest BCUT2D eigenvalue weighted by Crippen LogP contribution is -2.27. The van der Waals surface area contributed by atoms with E-state index in [1.165, 1.54) is 6.07 Å². The summed E-state index contributed by atoms with van der Waals surface area (Å²) in [5.41, 5.74) is 1.50. The van der Waals surface area contributed by atoms with Crippen molar-refractivity contribution >= 4 is 5.91 Å². The van der Waals surface area contributed by atoms with Crippen LogP contribution in [0.15, 0.2) is 71.1 Å². The van der Waals surface area contributed by atoms with Gasteiger partial charge in [-0.15, -0.1) is 0 Å². The molecule has 1 aromatic heterocycles. The molecule has 24 heavy (non-hydrogen) atoms. The Bertz CT molecular complexity index is 826. The normalized spacial score (nSPS) is 11.9. The molecule has 0 aliphatic heterocycles. The molecule has 0 aliphatic carbocycles. The van der Waals surface area contributed by atoms with Crippen molar-refractivity contribution in [3.05, 3.63) is 83.9 Å². The first-order valence-electron chi connectivity index (χ1n) is 7.83. The van der Waals surface area contributed by atoms with E-state index in [2.05, 4.69) is 5.32 Å². The molecule has 0 saturated heterocycles. The third-order valence-electron chi connectivity index (χ3n) is 3.91. The summed E-state index contributed by atoms with van der Waals surface area (Å²) in [4.78, 5) is 12.2. The molecule has 1 N–H and O–H groups in total. The summed E-state index contributed by atoms with van der Waals surface area (Å²) in [6, 6.07) is 19.4. The number of furan rings is 1. The first-order chi connectivity index (χ1) is 11.6. The lowest BCUT2D eigenvalue weighted by atomic mass is 10.0. The second-order valence-electron chi connectivity index (χ2n) is 5.67. The standard InChI is InChI=1S/C20H18FNO2/c1-14(15-7-3-2-4-8-15)13-22-20(23)19-12-11-18(24-19)16-9-5-6-10-17(16)21/h2-12,14H,13H2,1H3,(H,22,23)/t14-/m0/s1. The van der Waals surface area contributed by atoms with Gasteiger partial charge in [-0.1, -0.05) is 49.4 Å². The van der Waals surface area contributed by atoms with Gasteiger partial charge in [0, 0.05) is 6.54 Å². The van der Waals surface area contributed by atoms with E-state index in [0.29, 0.717) is 17.9 Å². The molecule has 3 aromatic rings. The van der Waals surface area contributed by atoms with E-state index in [-0.39, 0.29) is 23.4 Å². The van der Waals surface area contributed by atoms with Gasteiger partial charge in [0.2, 0.25) is 0 Å². The van der Waals surface area contributed by atoms with Gasteiger partial charge in [0.1, 0.15) is 11.6 Å². The molecule has 0 saturated carbocycles. The van der Waals surface area contributed by atoms with Crippen molar-refractivity contribution in [2.45, 2.75) is 12.8 Å². The van der Waals surface area contributed by atoms with Crippen molar-refractivity contribution in [2.75, 3.05) is 6.54 Å². The van der Waals surface area contributed by atoms with E-state index < -0.39 is 0 Å². The molecule has 1 heterocycles. The summed E-state index contributed by atoms with van der Waals surface area (Å²) >= 11 is 0. The molecule has 2 aromatic carbocycles. The van der Waals surface area contributed by atoms with Crippen LogP contribution >= 0.6 is 0 Å². The van der Waals surface area contributed by atoms with E-state index in [4.69, 9.17) is 4.42 Å². The van der Waals surface area contributed by atoms with E-state index in [0.717, 1.165) is 5.56 Å². The number of amides is 1. The van der Waals surface area contributed by atoms with Crippen LogP contribution in [0, 0.1) is 5.82 Å². The maximum Gasteiger partial charge on any atom is 0.287 e. The van der Waals surface area contributed by atoms with Crippen LogP contribution in [0.25, 0.3) is 11.3 Å². The van der Waals surface area contributed by atoms with Crippen LogP contribution in [0.5, 0.6) is 0 Å². The first-order valence-corrected chi connectivity index (χ1v) is 7.83. The molecule has 0 radical (unpaired) electrons. The van der Waals surface area contributed by atoms with Crippen LogP contribution in [0.4, 0.5) is 4.39 Å². The zero-order valence-corrected chi connectivity index (χ0v) is 13.3. The molecule has 0 aliphatic rings. The molecule has 1 amide bonds. The molecule has 0 spiro atoms. The van der Waals surface area contributed by atoms with Crippen LogP contribution in [-0.4, -0.2) is 12.5 Å². The van der Waals surface area contributed by atoms with E-state index in [1.54, 1.807) is 30.3 Å². The minimum Gasteiger partial charge on any atom is -0.451 e. The number of hydrogen-bond donors (Lipinski definition) is 1. The van der Waals surface area contributed by atoms with Crippen molar-refractivity contribution in [2.24, 2.45) is 0 Å². The summed E-state index contributed by atoms with van der Waals surface area (Å²) in [6.07, 6.45) is 0. The third kappa shape index (κ3) is 3.54. The predicted octanol–water partition coefficient (Wildman–Crippen LogP) is 4.62. The number of nitrogens with one attached hydrogen (secondary N) is 1. The molecule has 1 atom stereocenters. The topological polar surface area (TPSA) is 42.2 Å². The minimum absolute atomic E-state index is 0.175. The van der Waals surface area contributed by atoms with Gasteiger partial charge in [0.15, 0.2) is 5.76 Å². The monoisotopic (exact) mass is 323 g/mol. The zero-order chi connectivity index (χ0) is 16.9. The summed E-state index contributed by atoms with van der Waals surface area (Å²) in [5.74, 6) is 0.0240. The van der Waals surface area contributed by atoms with Crippen LogP contribution in [-0.2, 0) is 0 Å². The summed E-state index contributed by atoms with van der Waals surface area (Å²) in [7, 11) is 0. The molecular formula is C20H18FNO2. The lowest BCUT2D eigenvalue weighted by Gasteiger charge is -2.12. The minimum atomic E-state index is -0.378. The van der Waals surface area contributed by atoms with E-state index in [1.807, 2.05) is 37.3 Å². The fraction of sp³-hybridized carbons (Fsp3) is 0.150. The van der Waals surface area contributed by atoms with E-state index >= 15 is 0 Å². The molecule has 4 heteroatoms. The number of carbonyl (C=O) groups excluding carboxylic acids is 1. The number of carbonyl (C=O) groups is 1. The van der Waals surface area contributed by atoms with Crippen molar-refractivity contribution < 1.29 is 13.6 Å². The Labute approximate surface area is 140 Å². The van der Waals surface area contributed by atoms with Crippen molar-refractivity contribution in [3.8, 4) is 11.3 Å². The predicted molar refractivity (Wildman–Crippen MR) is 91.3 cm³/mol. The SMILES string of the molecule is C[C@@H](CNC(=O)c1ccc(-c2ccccc2F)o1)c1ccccc1. The van der Waals surface area contributed by atoms with Crippen LogP contribution < -0.4 is 5.32 Å². The summed E-state index contributed by atoms with van der Waals surface area (Å²) < 4.78 is 19.3. The average Bonchev–Trinajstić information content (AvgIpc) is 3.10. The second-order valence-corrected chi connectivity index (χ2v) is 5.67. The van der Waals surface area contributed by atoms with Gasteiger partial charge in [-0.3, -0.25) is 4.79 Å². The highest BCUT2D eigenvalue weighted by Gasteiger charge is 2.15. The molecule has 3 rings (SSSR count). The number of rotatable bonds is 5. The van der Waals surface area contributed by atoms with Gasteiger partial charge >= 0.3 is 0 Å². The van der Waals surface area contributed by atoms with Crippen molar-refractivity contribution in [1.29, 1.82) is 0 Å². The van der Waals surface area contributed by atoms with Crippen molar-refractivity contribution in [3.63, 3.8) is 0 Å². The Morgan fingerprint density at radius 2 is 1.75 bits per heavy atom. The molecule has 3 nitrogen and oxygen atoms in total. The molecule has 122 valence electrons. The average molecular weight is 323 g/mol. The fourth-order valence-electron chi connectivity index (χ4n) is 2.50. The Balaban J connectivity index is 1.65. The van der Waals surface area contributed by atoms with Gasteiger partial charge < -0.3 is 9.73 Å². The first kappa shape index (κ1) is 16.0. The Kier molecular flexibility index (Phi) is 4.75. The van der Waals surface area contributed by atoms with E-state index in [9.17, 15) is 9.18 Å². The molecule has 0 unspecified atom stereocenters. The third-order valence-corrected chi connectivity index (χ3v) is 3.91. The largest absolute Gasteiger partial charge is 0.451 e. The smallest absolute Gasteiger partial charge is 0.287 e. The highest BCUT2D eigenvalue weighted by molar-refractivity contribution is 5.92. The van der Waals surface area contributed by atoms with Gasteiger partial charge in [-0.25, -0.2) is 4.39 Å². The summed E-state index contributed by atoms with van der Waals surface area (Å²) in [5, 5.41) is 2.85. The molecule has 0 bridgehead atoms. The fourth-order valence-corrected chi connectivity index (χ4v) is 2.50. The second kappa shape index (κ2) is 7.13. The zero-order valence-electron chi connectivity index (χ0n) is 13.3. The molecule has 0 fully saturated rings. The number of halogens is 1. The van der Waals surface area contributed by atoms with Crippen molar-refractivity contribution in [1.82, 2.24) is 5.32 Å².